The number of nitrogens with zero attached hydrogens (tertiary/aromatic N) is 2. The number of rotatable bonds is 10. The molecule has 2 aliphatic heterocycles. The Hall–Kier alpha value is -3.62. The summed E-state index contributed by atoms with van der Waals surface area (Å²) in [5.41, 5.74) is 2.15. The lowest BCUT2D eigenvalue weighted by molar-refractivity contribution is -0.139. The topological polar surface area (TPSA) is 105 Å². The molecule has 9 nitrogen and oxygen atoms in total. The van der Waals surface area contributed by atoms with Gasteiger partial charge < -0.3 is 24.5 Å². The van der Waals surface area contributed by atoms with Crippen LogP contribution in [0.15, 0.2) is 37.4 Å². The number of likely N-dealkylation sites (tertiary alicyclic amines) is 1. The number of carbonyl (C=O) groups excluding carboxylic acids is 4. The van der Waals surface area contributed by atoms with Crippen LogP contribution in [0, 0.1) is 10.8 Å². The van der Waals surface area contributed by atoms with Crippen molar-refractivity contribution in [2.75, 3.05) is 13.2 Å². The highest BCUT2D eigenvalue weighted by molar-refractivity contribution is 5.89. The first-order valence-electron chi connectivity index (χ1n) is 13.8. The predicted molar refractivity (Wildman–Crippen MR) is 153 cm³/mol. The molecule has 1 saturated heterocycles. The summed E-state index contributed by atoms with van der Waals surface area (Å²) in [5.74, 6) is -0.421. The van der Waals surface area contributed by atoms with Gasteiger partial charge in [0, 0.05) is 13.0 Å². The van der Waals surface area contributed by atoms with Gasteiger partial charge in [-0.25, -0.2) is 9.59 Å². The molecule has 3 amide bonds. The zero-order valence-electron chi connectivity index (χ0n) is 24.4. The van der Waals surface area contributed by atoms with Crippen LogP contribution in [-0.2, 0) is 32.2 Å². The quantitative estimate of drug-likeness (QED) is 0.320. The number of hydrogen-bond acceptors (Lipinski definition) is 6. The monoisotopic (exact) mass is 553 g/mol. The molecule has 0 aliphatic carbocycles. The van der Waals surface area contributed by atoms with E-state index in [2.05, 4.69) is 18.5 Å². The average molecular weight is 554 g/mol. The van der Waals surface area contributed by atoms with Gasteiger partial charge in [-0.3, -0.25) is 9.69 Å². The Morgan fingerprint density at radius 2 is 1.88 bits per heavy atom. The highest BCUT2D eigenvalue weighted by Gasteiger charge is 2.44. The third-order valence-electron chi connectivity index (χ3n) is 7.50. The van der Waals surface area contributed by atoms with Crippen molar-refractivity contribution in [3.8, 4) is 0 Å². The van der Waals surface area contributed by atoms with Crippen LogP contribution in [0.1, 0.15) is 70.6 Å². The minimum Gasteiger partial charge on any atom is -0.449 e. The Labute approximate surface area is 237 Å². The maximum Gasteiger partial charge on any atom is 0.410 e. The van der Waals surface area contributed by atoms with Crippen LogP contribution in [0.5, 0.6) is 0 Å². The lowest BCUT2D eigenvalue weighted by Gasteiger charge is -2.34. The fourth-order valence-corrected chi connectivity index (χ4v) is 5.08. The molecule has 1 N–H and O–H groups in total. The lowest BCUT2D eigenvalue weighted by atomic mass is 9.85. The maximum atomic E-state index is 13.7. The summed E-state index contributed by atoms with van der Waals surface area (Å²) in [5, 5.41) is 2.72. The Balaban J connectivity index is 1.63. The highest BCUT2D eigenvalue weighted by atomic mass is 16.6. The first kappa shape index (κ1) is 30.9. The van der Waals surface area contributed by atoms with Gasteiger partial charge in [0.05, 0.1) is 25.7 Å². The van der Waals surface area contributed by atoms with E-state index in [1.165, 1.54) is 4.90 Å². The fraction of sp³-hybridized carbons (Fsp3) is 0.548. The number of carbonyl (C=O) groups is 4. The van der Waals surface area contributed by atoms with Gasteiger partial charge in [0.15, 0.2) is 0 Å². The molecule has 2 aliphatic rings. The fourth-order valence-electron chi connectivity index (χ4n) is 5.08. The first-order chi connectivity index (χ1) is 18.8. The van der Waals surface area contributed by atoms with Crippen molar-refractivity contribution < 1.29 is 28.7 Å². The highest BCUT2D eigenvalue weighted by Crippen LogP contribution is 2.30. The summed E-state index contributed by atoms with van der Waals surface area (Å²) < 4.78 is 11.2. The number of aldehydes is 1. The summed E-state index contributed by atoms with van der Waals surface area (Å²) >= 11 is 0. The number of fused-ring (bicyclic) bond motifs is 1. The molecule has 1 fully saturated rings. The van der Waals surface area contributed by atoms with Crippen molar-refractivity contribution in [1.82, 2.24) is 15.1 Å². The van der Waals surface area contributed by atoms with Gasteiger partial charge >= 0.3 is 12.2 Å². The van der Waals surface area contributed by atoms with Crippen LogP contribution in [0.4, 0.5) is 9.59 Å². The zero-order chi connectivity index (χ0) is 29.7. The molecule has 3 rings (SSSR count). The normalized spacial score (nSPS) is 19.4. The number of benzene rings is 1. The van der Waals surface area contributed by atoms with Crippen LogP contribution >= 0.6 is 0 Å². The number of ether oxygens (including phenoxy) is 2. The summed E-state index contributed by atoms with van der Waals surface area (Å²) in [7, 11) is 0. The summed E-state index contributed by atoms with van der Waals surface area (Å²) in [6.45, 7) is 18.1. The number of alkyl carbamates (subject to hydrolysis) is 1. The minimum atomic E-state index is -0.946. The molecule has 40 heavy (non-hydrogen) atoms. The zero-order valence-corrected chi connectivity index (χ0v) is 24.4. The van der Waals surface area contributed by atoms with E-state index in [0.29, 0.717) is 19.4 Å². The Morgan fingerprint density at radius 3 is 2.50 bits per heavy atom. The molecule has 0 bridgehead atoms. The summed E-state index contributed by atoms with van der Waals surface area (Å²) in [6, 6.07) is 4.14. The summed E-state index contributed by atoms with van der Waals surface area (Å²) in [6.07, 6.45) is 4.24. The van der Waals surface area contributed by atoms with E-state index in [1.807, 2.05) is 58.9 Å². The molecule has 0 unspecified atom stereocenters. The van der Waals surface area contributed by atoms with Crippen LogP contribution < -0.4 is 5.32 Å². The second kappa shape index (κ2) is 12.7. The van der Waals surface area contributed by atoms with Gasteiger partial charge in [0.1, 0.15) is 18.4 Å². The van der Waals surface area contributed by atoms with Crippen LogP contribution in [0.25, 0.3) is 6.08 Å². The summed E-state index contributed by atoms with van der Waals surface area (Å²) in [4.78, 5) is 54.3. The van der Waals surface area contributed by atoms with Crippen molar-refractivity contribution in [3.63, 3.8) is 0 Å². The van der Waals surface area contributed by atoms with E-state index >= 15 is 0 Å². The molecule has 0 saturated carbocycles. The second-order valence-corrected chi connectivity index (χ2v) is 12.5. The number of hydrogen-bond donors (Lipinski definition) is 1. The van der Waals surface area contributed by atoms with Crippen molar-refractivity contribution in [2.24, 2.45) is 10.8 Å². The molecular weight excluding hydrogens is 510 g/mol. The smallest absolute Gasteiger partial charge is 0.410 e. The Bertz CT molecular complexity index is 1140. The molecule has 0 aromatic heterocycles. The number of nitrogens with one attached hydrogen (secondary N) is 1. The predicted octanol–water partition coefficient (Wildman–Crippen LogP) is 5.08. The Morgan fingerprint density at radius 1 is 1.15 bits per heavy atom. The third kappa shape index (κ3) is 7.52. The van der Waals surface area contributed by atoms with Gasteiger partial charge in [-0.1, -0.05) is 71.5 Å². The molecule has 0 spiro atoms. The van der Waals surface area contributed by atoms with Crippen LogP contribution in [0.2, 0.25) is 0 Å². The van der Waals surface area contributed by atoms with Crippen molar-refractivity contribution in [1.29, 1.82) is 0 Å². The molecule has 9 heteroatoms. The van der Waals surface area contributed by atoms with E-state index in [4.69, 9.17) is 9.47 Å². The van der Waals surface area contributed by atoms with Crippen molar-refractivity contribution in [3.05, 3.63) is 54.1 Å². The molecule has 1 aromatic rings. The van der Waals surface area contributed by atoms with Crippen molar-refractivity contribution >= 4 is 30.5 Å². The van der Waals surface area contributed by atoms with Crippen molar-refractivity contribution in [2.45, 2.75) is 85.2 Å². The molecule has 1 aromatic carbocycles. The maximum absolute atomic E-state index is 13.7. The van der Waals surface area contributed by atoms with Gasteiger partial charge in [-0.2, -0.15) is 0 Å². The van der Waals surface area contributed by atoms with Crippen LogP contribution in [-0.4, -0.2) is 65.5 Å². The molecule has 218 valence electrons. The van der Waals surface area contributed by atoms with Gasteiger partial charge in [-0.15, -0.1) is 6.58 Å². The van der Waals surface area contributed by atoms with E-state index < -0.39 is 41.7 Å². The molecule has 3 atom stereocenters. The average Bonchev–Trinajstić information content (AvgIpc) is 3.52. The Kier molecular flexibility index (Phi) is 9.82. The number of amides is 3. The van der Waals surface area contributed by atoms with Crippen LogP contribution in [0.3, 0.4) is 0 Å². The van der Waals surface area contributed by atoms with E-state index in [0.717, 1.165) is 29.5 Å². The van der Waals surface area contributed by atoms with Gasteiger partial charge in [0.25, 0.3) is 0 Å². The molecule has 0 radical (unpaired) electrons. The van der Waals surface area contributed by atoms with Gasteiger partial charge in [0.2, 0.25) is 5.91 Å². The first-order valence-corrected chi connectivity index (χ1v) is 13.8. The molecular formula is C31H43N3O6. The largest absolute Gasteiger partial charge is 0.449 e. The van der Waals surface area contributed by atoms with Gasteiger partial charge in [-0.05, 0) is 40.4 Å². The third-order valence-corrected chi connectivity index (χ3v) is 7.50. The van der Waals surface area contributed by atoms with E-state index in [-0.39, 0.29) is 25.0 Å². The molecule has 2 heterocycles. The lowest BCUT2D eigenvalue weighted by Crippen LogP contribution is -2.56. The standard InChI is InChI=1S/C31H43N3O6/c1-8-10-14-31(6,7)20-39-28(37)32-26(30(3,4)5)27(36)34-17-24(15-23(34)19-35)40-29(38)33-16-22-13-11-12-21(9-2)25(22)18-33/h8-9,11-13,19,23-24,26H,1-2,10,14-18,20H2,3-7H3,(H,32,37)/t23-,24+,26+/m0/s1. The second-order valence-electron chi connectivity index (χ2n) is 12.5. The number of allylic oxidation sites excluding steroid dienone is 1. The van der Waals surface area contributed by atoms with E-state index in [9.17, 15) is 19.2 Å². The SMILES string of the molecule is C=CCCC(C)(C)COC(=O)N[C@H](C(=O)N1C[C@H](OC(=O)N2Cc3cccc(C=C)c3C2)C[C@H]1C=O)C(C)(C)C. The van der Waals surface area contributed by atoms with E-state index in [1.54, 1.807) is 11.0 Å². The minimum absolute atomic E-state index is 0.0601.